The van der Waals surface area contributed by atoms with Crippen molar-refractivity contribution in [3.8, 4) is 0 Å². The van der Waals surface area contributed by atoms with Gasteiger partial charge >= 0.3 is 0 Å². The molecule has 4 rings (SSSR count). The number of nitrogens with one attached hydrogen (secondary N) is 1. The summed E-state index contributed by atoms with van der Waals surface area (Å²) in [6.45, 7) is 3.36. The van der Waals surface area contributed by atoms with Gasteiger partial charge in [0.05, 0.1) is 6.26 Å². The molecule has 2 saturated heterocycles. The van der Waals surface area contributed by atoms with Crippen LogP contribution in [0, 0.1) is 0 Å². The number of carbonyl (C=O) groups is 2. The van der Waals surface area contributed by atoms with E-state index in [2.05, 4.69) is 22.3 Å². The first kappa shape index (κ1) is 20.0. The first-order valence-corrected chi connectivity index (χ1v) is 10.6. The molecular weight excluding hydrogens is 390 g/mol. The van der Waals surface area contributed by atoms with E-state index in [1.165, 1.54) is 11.8 Å². The maximum absolute atomic E-state index is 12.8. The highest BCUT2D eigenvalue weighted by Gasteiger charge is 2.36. The Bertz CT molecular complexity index is 829. The second-order valence-corrected chi connectivity index (χ2v) is 8.26. The summed E-state index contributed by atoms with van der Waals surface area (Å²) in [5, 5.41) is 3.93. The van der Waals surface area contributed by atoms with Crippen molar-refractivity contribution in [3.05, 3.63) is 59.0 Å². The molecule has 0 bridgehead atoms. The molecule has 1 N–H and O–H groups in total. The van der Waals surface area contributed by atoms with E-state index in [9.17, 15) is 9.59 Å². The highest BCUT2D eigenvalue weighted by Crippen LogP contribution is 2.22. The lowest BCUT2D eigenvalue weighted by atomic mass is 10.0. The van der Waals surface area contributed by atoms with Crippen LogP contribution in [0.4, 0.5) is 0 Å². The maximum atomic E-state index is 12.8. The quantitative estimate of drug-likeness (QED) is 0.813. The fraction of sp³-hybridized carbons (Fsp3) is 0.455. The SMILES string of the molecule is O=C(NC1CCN(Cc2ccc(Cl)cc2)CC1)[C@H]1CCCN1C(=O)c1ccco1. The van der Waals surface area contributed by atoms with E-state index < -0.39 is 6.04 Å². The van der Waals surface area contributed by atoms with E-state index in [4.69, 9.17) is 16.0 Å². The fourth-order valence-electron chi connectivity index (χ4n) is 4.20. The molecule has 0 unspecified atom stereocenters. The fourth-order valence-corrected chi connectivity index (χ4v) is 4.33. The predicted molar refractivity (Wildman–Crippen MR) is 111 cm³/mol. The Balaban J connectivity index is 1.27. The summed E-state index contributed by atoms with van der Waals surface area (Å²) in [7, 11) is 0. The monoisotopic (exact) mass is 415 g/mol. The van der Waals surface area contributed by atoms with E-state index in [0.29, 0.717) is 18.7 Å². The number of halogens is 1. The third-order valence-electron chi connectivity index (χ3n) is 5.80. The molecule has 2 aromatic rings. The summed E-state index contributed by atoms with van der Waals surface area (Å²) >= 11 is 5.95. The molecule has 154 valence electrons. The Morgan fingerprint density at radius 2 is 1.83 bits per heavy atom. The molecule has 7 heteroatoms. The van der Waals surface area contributed by atoms with Crippen LogP contribution in [0.1, 0.15) is 41.8 Å². The topological polar surface area (TPSA) is 65.8 Å². The molecule has 1 aromatic carbocycles. The molecular formula is C22H26ClN3O3. The molecule has 2 aliphatic rings. The summed E-state index contributed by atoms with van der Waals surface area (Å²) in [6, 6.07) is 11.0. The highest BCUT2D eigenvalue weighted by molar-refractivity contribution is 6.30. The van der Waals surface area contributed by atoms with Crippen LogP contribution in [0.2, 0.25) is 5.02 Å². The van der Waals surface area contributed by atoms with Crippen LogP contribution in [0.25, 0.3) is 0 Å². The second-order valence-electron chi connectivity index (χ2n) is 7.82. The number of hydrogen-bond donors (Lipinski definition) is 1. The number of nitrogens with zero attached hydrogens (tertiary/aromatic N) is 2. The van der Waals surface area contributed by atoms with Gasteiger partial charge in [-0.3, -0.25) is 14.5 Å². The largest absolute Gasteiger partial charge is 0.459 e. The number of benzene rings is 1. The molecule has 0 spiro atoms. The Labute approximate surface area is 175 Å². The number of rotatable bonds is 5. The number of likely N-dealkylation sites (tertiary alicyclic amines) is 2. The van der Waals surface area contributed by atoms with E-state index in [1.807, 2.05) is 12.1 Å². The molecule has 2 aliphatic heterocycles. The summed E-state index contributed by atoms with van der Waals surface area (Å²) in [5.74, 6) is 0.0456. The molecule has 0 aliphatic carbocycles. The minimum Gasteiger partial charge on any atom is -0.459 e. The van der Waals surface area contributed by atoms with E-state index >= 15 is 0 Å². The number of amides is 2. The Morgan fingerprint density at radius 3 is 2.52 bits per heavy atom. The number of piperidine rings is 1. The van der Waals surface area contributed by atoms with Crippen LogP contribution in [-0.2, 0) is 11.3 Å². The highest BCUT2D eigenvalue weighted by atomic mass is 35.5. The van der Waals surface area contributed by atoms with Crippen molar-refractivity contribution < 1.29 is 14.0 Å². The Hall–Kier alpha value is -2.31. The third kappa shape index (κ3) is 4.82. The van der Waals surface area contributed by atoms with Gasteiger partial charge in [-0.2, -0.15) is 0 Å². The van der Waals surface area contributed by atoms with E-state index in [-0.39, 0.29) is 17.9 Å². The average molecular weight is 416 g/mol. The summed E-state index contributed by atoms with van der Waals surface area (Å²) in [6.07, 6.45) is 4.85. The number of furan rings is 1. The van der Waals surface area contributed by atoms with Crippen molar-refractivity contribution in [2.24, 2.45) is 0 Å². The number of carbonyl (C=O) groups excluding carboxylic acids is 2. The zero-order chi connectivity index (χ0) is 20.2. The van der Waals surface area contributed by atoms with E-state index in [0.717, 1.165) is 43.9 Å². The lowest BCUT2D eigenvalue weighted by Crippen LogP contribution is -2.51. The second kappa shape index (κ2) is 9.01. The van der Waals surface area contributed by atoms with Crippen molar-refractivity contribution in [3.63, 3.8) is 0 Å². The Morgan fingerprint density at radius 1 is 1.07 bits per heavy atom. The Kier molecular flexibility index (Phi) is 6.21. The third-order valence-corrected chi connectivity index (χ3v) is 6.05. The average Bonchev–Trinajstić information content (AvgIpc) is 3.43. The number of hydrogen-bond acceptors (Lipinski definition) is 4. The van der Waals surface area contributed by atoms with Crippen LogP contribution in [-0.4, -0.2) is 53.3 Å². The van der Waals surface area contributed by atoms with Gasteiger partial charge in [-0.25, -0.2) is 0 Å². The van der Waals surface area contributed by atoms with Gasteiger partial charge < -0.3 is 14.6 Å². The molecule has 2 fully saturated rings. The lowest BCUT2D eigenvalue weighted by Gasteiger charge is -2.33. The van der Waals surface area contributed by atoms with Gasteiger partial charge in [-0.15, -0.1) is 0 Å². The van der Waals surface area contributed by atoms with Gasteiger partial charge in [0.25, 0.3) is 5.91 Å². The van der Waals surface area contributed by atoms with Crippen LogP contribution < -0.4 is 5.32 Å². The van der Waals surface area contributed by atoms with Crippen LogP contribution in [0.5, 0.6) is 0 Å². The van der Waals surface area contributed by atoms with Crippen molar-refractivity contribution in [2.75, 3.05) is 19.6 Å². The molecule has 29 heavy (non-hydrogen) atoms. The van der Waals surface area contributed by atoms with Gasteiger partial charge in [-0.05, 0) is 55.5 Å². The molecule has 0 saturated carbocycles. The molecule has 6 nitrogen and oxygen atoms in total. The summed E-state index contributed by atoms with van der Waals surface area (Å²) in [5.41, 5.74) is 1.25. The minimum absolute atomic E-state index is 0.0430. The minimum atomic E-state index is -0.403. The smallest absolute Gasteiger partial charge is 0.290 e. The molecule has 2 amide bonds. The molecule has 1 aromatic heterocycles. The van der Waals surface area contributed by atoms with Gasteiger partial charge in [0, 0.05) is 37.2 Å². The lowest BCUT2D eigenvalue weighted by molar-refractivity contribution is -0.125. The summed E-state index contributed by atoms with van der Waals surface area (Å²) in [4.78, 5) is 29.5. The standard InChI is InChI=1S/C22H26ClN3O3/c23-17-7-5-16(6-8-17)15-25-12-9-18(10-13-25)24-21(27)19-3-1-11-26(19)22(28)20-4-2-14-29-20/h2,4-8,14,18-19H,1,3,9-13,15H2,(H,24,27)/t19-/m1/s1. The van der Waals surface area contributed by atoms with Crippen LogP contribution >= 0.6 is 11.6 Å². The van der Waals surface area contributed by atoms with Gasteiger partial charge in [0.2, 0.25) is 5.91 Å². The first-order valence-electron chi connectivity index (χ1n) is 10.2. The van der Waals surface area contributed by atoms with Crippen molar-refractivity contribution in [1.82, 2.24) is 15.1 Å². The zero-order valence-corrected chi connectivity index (χ0v) is 17.1. The summed E-state index contributed by atoms with van der Waals surface area (Å²) < 4.78 is 5.22. The van der Waals surface area contributed by atoms with Crippen LogP contribution in [0.3, 0.4) is 0 Å². The van der Waals surface area contributed by atoms with Crippen molar-refractivity contribution in [2.45, 2.75) is 44.3 Å². The normalized spacial score (nSPS) is 20.7. The predicted octanol–water partition coefficient (Wildman–Crippen LogP) is 3.32. The van der Waals surface area contributed by atoms with Gasteiger partial charge in [0.15, 0.2) is 5.76 Å². The van der Waals surface area contributed by atoms with Gasteiger partial charge in [0.1, 0.15) is 6.04 Å². The first-order chi connectivity index (χ1) is 14.1. The maximum Gasteiger partial charge on any atom is 0.290 e. The van der Waals surface area contributed by atoms with Crippen molar-refractivity contribution in [1.29, 1.82) is 0 Å². The van der Waals surface area contributed by atoms with Gasteiger partial charge in [-0.1, -0.05) is 23.7 Å². The molecule has 1 atom stereocenters. The zero-order valence-electron chi connectivity index (χ0n) is 16.4. The molecule has 3 heterocycles. The van der Waals surface area contributed by atoms with Crippen molar-refractivity contribution >= 4 is 23.4 Å². The molecule has 0 radical (unpaired) electrons. The van der Waals surface area contributed by atoms with Crippen LogP contribution in [0.15, 0.2) is 47.1 Å². The van der Waals surface area contributed by atoms with E-state index in [1.54, 1.807) is 17.0 Å².